The second-order valence-electron chi connectivity index (χ2n) is 5.89. The van der Waals surface area contributed by atoms with Crippen molar-refractivity contribution in [1.82, 2.24) is 0 Å². The number of fused-ring (bicyclic) bond motifs is 1. The Labute approximate surface area is 152 Å². The number of anilines is 1. The summed E-state index contributed by atoms with van der Waals surface area (Å²) < 4.78 is 5.66. The normalized spacial score (nSPS) is 13.2. The molecule has 130 valence electrons. The first-order chi connectivity index (χ1) is 12.1. The lowest BCUT2D eigenvalue weighted by molar-refractivity contribution is -0.118. The third-order valence-corrected chi connectivity index (χ3v) is 5.14. The quantitative estimate of drug-likeness (QED) is 0.576. The minimum Gasteiger partial charge on any atom is -0.494 e. The van der Waals surface area contributed by atoms with Crippen LogP contribution < -0.4 is 9.64 Å². The molecule has 0 saturated heterocycles. The molecule has 2 aromatic rings. The van der Waals surface area contributed by atoms with Gasteiger partial charge in [-0.1, -0.05) is 12.1 Å². The van der Waals surface area contributed by atoms with Crippen molar-refractivity contribution >= 4 is 29.1 Å². The predicted octanol–water partition coefficient (Wildman–Crippen LogP) is 4.19. The monoisotopic (exact) mass is 355 g/mol. The summed E-state index contributed by atoms with van der Waals surface area (Å²) in [6.07, 6.45) is 1.13. The number of nitrogens with zero attached hydrogens (tertiary/aromatic N) is 1. The number of para-hydroxylation sites is 1. The van der Waals surface area contributed by atoms with Crippen LogP contribution in [-0.2, 0) is 4.79 Å². The highest BCUT2D eigenvalue weighted by atomic mass is 32.2. The molecule has 0 spiro atoms. The van der Waals surface area contributed by atoms with Gasteiger partial charge in [0.05, 0.1) is 12.3 Å². The van der Waals surface area contributed by atoms with Crippen molar-refractivity contribution in [3.63, 3.8) is 0 Å². The standard InChI is InChI=1S/C20H21NO3S/c1-15(22)16-8-10-17(11-9-16)24-13-4-7-20(23)21-12-14-25-19-6-3-2-5-18(19)21/h2-3,5-6,8-11H,4,7,12-14H2,1H3. The zero-order valence-corrected chi connectivity index (χ0v) is 15.1. The van der Waals surface area contributed by atoms with Crippen LogP contribution in [-0.4, -0.2) is 30.6 Å². The lowest BCUT2D eigenvalue weighted by Crippen LogP contribution is -2.35. The number of ketones is 1. The molecule has 0 atom stereocenters. The van der Waals surface area contributed by atoms with Crippen LogP contribution in [0.1, 0.15) is 30.1 Å². The average molecular weight is 355 g/mol. The molecule has 0 bridgehead atoms. The number of rotatable bonds is 6. The largest absolute Gasteiger partial charge is 0.494 e. The number of benzene rings is 2. The van der Waals surface area contributed by atoms with Gasteiger partial charge >= 0.3 is 0 Å². The van der Waals surface area contributed by atoms with Crippen LogP contribution in [0.5, 0.6) is 5.75 Å². The summed E-state index contributed by atoms with van der Waals surface area (Å²) in [4.78, 5) is 26.8. The minimum absolute atomic E-state index is 0.0390. The van der Waals surface area contributed by atoms with Crippen molar-refractivity contribution in [2.75, 3.05) is 23.8 Å². The van der Waals surface area contributed by atoms with E-state index in [1.165, 1.54) is 4.90 Å². The van der Waals surface area contributed by atoms with Gasteiger partial charge in [0.2, 0.25) is 5.91 Å². The van der Waals surface area contributed by atoms with Gasteiger partial charge in [-0.2, -0.15) is 0 Å². The Morgan fingerprint density at radius 1 is 1.12 bits per heavy atom. The zero-order valence-electron chi connectivity index (χ0n) is 14.2. The first-order valence-corrected chi connectivity index (χ1v) is 9.40. The Bertz CT molecular complexity index is 758. The first kappa shape index (κ1) is 17.5. The fourth-order valence-electron chi connectivity index (χ4n) is 2.76. The molecule has 1 aliphatic heterocycles. The maximum Gasteiger partial charge on any atom is 0.227 e. The van der Waals surface area contributed by atoms with E-state index in [2.05, 4.69) is 6.07 Å². The topological polar surface area (TPSA) is 46.6 Å². The molecular formula is C20H21NO3S. The van der Waals surface area contributed by atoms with Gasteiger partial charge < -0.3 is 9.64 Å². The fourth-order valence-corrected chi connectivity index (χ4v) is 3.76. The van der Waals surface area contributed by atoms with Crippen molar-refractivity contribution in [2.45, 2.75) is 24.7 Å². The summed E-state index contributed by atoms with van der Waals surface area (Å²) in [6.45, 7) is 2.78. The van der Waals surface area contributed by atoms with Gasteiger partial charge in [-0.05, 0) is 49.7 Å². The van der Waals surface area contributed by atoms with Gasteiger partial charge in [0.1, 0.15) is 5.75 Å². The Morgan fingerprint density at radius 2 is 1.88 bits per heavy atom. The summed E-state index contributed by atoms with van der Waals surface area (Å²) in [5.74, 6) is 1.83. The van der Waals surface area contributed by atoms with Gasteiger partial charge in [-0.3, -0.25) is 9.59 Å². The number of ether oxygens (including phenoxy) is 1. The van der Waals surface area contributed by atoms with Crippen LogP contribution >= 0.6 is 11.8 Å². The number of thioether (sulfide) groups is 1. The first-order valence-electron chi connectivity index (χ1n) is 8.41. The molecule has 0 saturated carbocycles. The predicted molar refractivity (Wildman–Crippen MR) is 101 cm³/mol. The summed E-state index contributed by atoms with van der Waals surface area (Å²) in [6, 6.07) is 15.1. The van der Waals surface area contributed by atoms with Gasteiger partial charge in [0.25, 0.3) is 0 Å². The molecular weight excluding hydrogens is 334 g/mol. The van der Waals surface area contributed by atoms with Crippen LogP contribution in [0, 0.1) is 0 Å². The Morgan fingerprint density at radius 3 is 2.64 bits per heavy atom. The molecule has 0 aromatic heterocycles. The number of hydrogen-bond acceptors (Lipinski definition) is 4. The Balaban J connectivity index is 1.48. The van der Waals surface area contributed by atoms with E-state index < -0.39 is 0 Å². The van der Waals surface area contributed by atoms with E-state index >= 15 is 0 Å². The van der Waals surface area contributed by atoms with E-state index in [4.69, 9.17) is 4.74 Å². The molecule has 0 radical (unpaired) electrons. The van der Waals surface area contributed by atoms with Crippen LogP contribution in [0.25, 0.3) is 0 Å². The summed E-state index contributed by atoms with van der Waals surface area (Å²) >= 11 is 1.80. The Kier molecular flexibility index (Phi) is 5.76. The maximum absolute atomic E-state index is 12.5. The van der Waals surface area contributed by atoms with Crippen LogP contribution in [0.3, 0.4) is 0 Å². The maximum atomic E-state index is 12.5. The molecule has 0 N–H and O–H groups in total. The molecule has 0 fully saturated rings. The number of Topliss-reactive ketones (excluding diaryl/α,β-unsaturated/α-hetero) is 1. The van der Waals surface area contributed by atoms with E-state index in [-0.39, 0.29) is 11.7 Å². The molecule has 0 unspecified atom stereocenters. The number of carbonyl (C=O) groups is 2. The van der Waals surface area contributed by atoms with E-state index in [1.54, 1.807) is 43.0 Å². The van der Waals surface area contributed by atoms with Crippen molar-refractivity contribution in [3.05, 3.63) is 54.1 Å². The van der Waals surface area contributed by atoms with Crippen LogP contribution in [0.15, 0.2) is 53.4 Å². The van der Waals surface area contributed by atoms with Crippen molar-refractivity contribution in [1.29, 1.82) is 0 Å². The van der Waals surface area contributed by atoms with E-state index in [9.17, 15) is 9.59 Å². The van der Waals surface area contributed by atoms with Gasteiger partial charge in [-0.25, -0.2) is 0 Å². The summed E-state index contributed by atoms with van der Waals surface area (Å²) in [5, 5.41) is 0. The van der Waals surface area contributed by atoms with E-state index in [0.717, 1.165) is 23.7 Å². The van der Waals surface area contributed by atoms with Crippen LogP contribution in [0.4, 0.5) is 5.69 Å². The molecule has 1 amide bonds. The highest BCUT2D eigenvalue weighted by Crippen LogP contribution is 2.34. The lowest BCUT2D eigenvalue weighted by Gasteiger charge is -2.29. The van der Waals surface area contributed by atoms with E-state index in [1.807, 2.05) is 23.1 Å². The second-order valence-corrected chi connectivity index (χ2v) is 7.03. The molecule has 4 nitrogen and oxygen atoms in total. The molecule has 3 rings (SSSR count). The lowest BCUT2D eigenvalue weighted by atomic mass is 10.1. The highest BCUT2D eigenvalue weighted by Gasteiger charge is 2.21. The smallest absolute Gasteiger partial charge is 0.227 e. The highest BCUT2D eigenvalue weighted by molar-refractivity contribution is 7.99. The third kappa shape index (κ3) is 4.42. The number of carbonyl (C=O) groups excluding carboxylic acids is 2. The second kappa shape index (κ2) is 8.21. The number of amides is 1. The van der Waals surface area contributed by atoms with Crippen LogP contribution in [0.2, 0.25) is 0 Å². The summed E-state index contributed by atoms with van der Waals surface area (Å²) in [7, 11) is 0. The molecule has 1 aliphatic rings. The van der Waals surface area contributed by atoms with Gasteiger partial charge in [0, 0.05) is 29.2 Å². The Hall–Kier alpha value is -2.27. The van der Waals surface area contributed by atoms with Gasteiger partial charge in [-0.15, -0.1) is 11.8 Å². The van der Waals surface area contributed by atoms with Gasteiger partial charge in [0.15, 0.2) is 5.78 Å². The van der Waals surface area contributed by atoms with Crippen molar-refractivity contribution in [3.8, 4) is 5.75 Å². The van der Waals surface area contributed by atoms with Crippen molar-refractivity contribution < 1.29 is 14.3 Å². The molecule has 25 heavy (non-hydrogen) atoms. The average Bonchev–Trinajstić information content (AvgIpc) is 2.65. The third-order valence-electron chi connectivity index (χ3n) is 4.09. The molecule has 0 aliphatic carbocycles. The summed E-state index contributed by atoms with van der Waals surface area (Å²) in [5.41, 5.74) is 1.69. The fraction of sp³-hybridized carbons (Fsp3) is 0.300. The SMILES string of the molecule is CC(=O)c1ccc(OCCCC(=O)N2CCSc3ccccc32)cc1. The van der Waals surface area contributed by atoms with E-state index in [0.29, 0.717) is 25.0 Å². The molecule has 1 heterocycles. The molecule has 2 aromatic carbocycles. The number of hydrogen-bond donors (Lipinski definition) is 0. The van der Waals surface area contributed by atoms with Crippen molar-refractivity contribution in [2.24, 2.45) is 0 Å². The minimum atomic E-state index is 0.0390. The molecule has 5 heteroatoms. The zero-order chi connectivity index (χ0) is 17.6.